The van der Waals surface area contributed by atoms with E-state index in [0.717, 1.165) is 38.8 Å². The van der Waals surface area contributed by atoms with Crippen LogP contribution in [0.1, 0.15) is 31.7 Å². The molecule has 166 valence electrons. The highest BCUT2D eigenvalue weighted by Crippen LogP contribution is 2.27. The predicted octanol–water partition coefficient (Wildman–Crippen LogP) is 2.21. The van der Waals surface area contributed by atoms with Crippen molar-refractivity contribution < 1.29 is 13.2 Å². The van der Waals surface area contributed by atoms with E-state index in [0.29, 0.717) is 19.6 Å². The number of hydrogen-bond acceptors (Lipinski definition) is 6. The summed E-state index contributed by atoms with van der Waals surface area (Å²) in [6.45, 7) is 11.3. The summed E-state index contributed by atoms with van der Waals surface area (Å²) in [7, 11) is -3.07. The lowest BCUT2D eigenvalue weighted by molar-refractivity contribution is 0.0186. The van der Waals surface area contributed by atoms with Crippen LogP contribution in [0.15, 0.2) is 22.5 Å². The Kier molecular flexibility index (Phi) is 9.20. The van der Waals surface area contributed by atoms with Crippen molar-refractivity contribution in [1.82, 2.24) is 15.1 Å². The topological polar surface area (TPSA) is 74.2 Å². The minimum Gasteiger partial charge on any atom is -0.379 e. The lowest BCUT2D eigenvalue weighted by Gasteiger charge is -2.39. The van der Waals surface area contributed by atoms with Crippen LogP contribution in [0, 0.1) is 0 Å². The number of sulfone groups is 1. The van der Waals surface area contributed by atoms with E-state index in [-0.39, 0.29) is 35.8 Å². The van der Waals surface area contributed by atoms with Crippen LogP contribution in [-0.2, 0) is 14.6 Å². The van der Waals surface area contributed by atoms with E-state index in [1.807, 2.05) is 6.92 Å². The average Bonchev–Trinajstić information content (AvgIpc) is 3.19. The number of nitrogens with one attached hydrogen (secondary N) is 1. The Bertz CT molecular complexity index is 762. The third kappa shape index (κ3) is 6.05. The monoisotopic (exact) mass is 556 g/mol. The van der Waals surface area contributed by atoms with E-state index in [2.05, 4.69) is 32.6 Å². The predicted molar refractivity (Wildman–Crippen MR) is 130 cm³/mol. The number of morpholine rings is 1. The summed E-state index contributed by atoms with van der Waals surface area (Å²) >= 11 is 1.76. The molecular formula is C19H33IN4O3S2. The minimum atomic E-state index is -3.07. The molecule has 1 aromatic rings. The summed E-state index contributed by atoms with van der Waals surface area (Å²) in [5.74, 6) is 0.975. The van der Waals surface area contributed by atoms with Crippen LogP contribution in [0.2, 0.25) is 0 Å². The summed E-state index contributed by atoms with van der Waals surface area (Å²) in [6, 6.07) is 4.48. The Hall–Kier alpha value is -0.430. The molecule has 3 rings (SSSR count). The van der Waals surface area contributed by atoms with Crippen LogP contribution in [0.3, 0.4) is 0 Å². The van der Waals surface area contributed by atoms with E-state index in [1.54, 1.807) is 25.2 Å². The molecule has 7 nitrogen and oxygen atoms in total. The molecule has 2 aliphatic heterocycles. The molecule has 0 aromatic carbocycles. The normalized spacial score (nSPS) is 23.3. The number of thiophene rings is 1. The van der Waals surface area contributed by atoms with Gasteiger partial charge in [-0.05, 0) is 32.2 Å². The molecule has 1 N–H and O–H groups in total. The molecule has 0 spiro atoms. The van der Waals surface area contributed by atoms with Crippen molar-refractivity contribution in [2.24, 2.45) is 4.99 Å². The molecular weight excluding hydrogens is 523 g/mol. The first kappa shape index (κ1) is 24.8. The molecule has 0 bridgehead atoms. The van der Waals surface area contributed by atoms with E-state index in [9.17, 15) is 8.42 Å². The van der Waals surface area contributed by atoms with Crippen molar-refractivity contribution in [3.8, 4) is 0 Å². The van der Waals surface area contributed by atoms with Crippen LogP contribution in [0.4, 0.5) is 0 Å². The smallest absolute Gasteiger partial charge is 0.194 e. The maximum absolute atomic E-state index is 12.4. The molecule has 1 unspecified atom stereocenters. The summed E-state index contributed by atoms with van der Waals surface area (Å²) in [6.07, 6.45) is 0. The first-order valence-electron chi connectivity index (χ1n) is 9.95. The Morgan fingerprint density at radius 3 is 2.66 bits per heavy atom. The zero-order valence-electron chi connectivity index (χ0n) is 17.5. The second-order valence-electron chi connectivity index (χ2n) is 7.87. The van der Waals surface area contributed by atoms with Gasteiger partial charge in [0.2, 0.25) is 0 Å². The van der Waals surface area contributed by atoms with Gasteiger partial charge in [-0.3, -0.25) is 9.89 Å². The van der Waals surface area contributed by atoms with Gasteiger partial charge in [0.05, 0.1) is 36.3 Å². The zero-order valence-corrected chi connectivity index (χ0v) is 21.4. The maximum Gasteiger partial charge on any atom is 0.194 e. The Morgan fingerprint density at radius 2 is 2.07 bits per heavy atom. The molecule has 2 aliphatic rings. The SMILES string of the molecule is CCNC(=NCC(c1cccs1)N1CCOCC1)N1CCS(=O)(=O)C(C)(C)C1.I. The van der Waals surface area contributed by atoms with Crippen molar-refractivity contribution >= 4 is 51.1 Å². The summed E-state index contributed by atoms with van der Waals surface area (Å²) in [4.78, 5) is 10.8. The lowest BCUT2D eigenvalue weighted by atomic mass is 10.2. The third-order valence-electron chi connectivity index (χ3n) is 5.45. The quantitative estimate of drug-likeness (QED) is 0.341. The molecule has 0 aliphatic carbocycles. The number of halogens is 1. The van der Waals surface area contributed by atoms with Crippen LogP contribution < -0.4 is 5.32 Å². The van der Waals surface area contributed by atoms with Gasteiger partial charge in [-0.2, -0.15) is 0 Å². The van der Waals surface area contributed by atoms with E-state index >= 15 is 0 Å². The highest BCUT2D eigenvalue weighted by molar-refractivity contribution is 14.0. The molecule has 1 atom stereocenters. The van der Waals surface area contributed by atoms with Gasteiger partial charge in [0.25, 0.3) is 0 Å². The van der Waals surface area contributed by atoms with Crippen molar-refractivity contribution in [2.45, 2.75) is 31.6 Å². The number of hydrogen-bond donors (Lipinski definition) is 1. The minimum absolute atomic E-state index is 0. The van der Waals surface area contributed by atoms with Gasteiger partial charge < -0.3 is 15.0 Å². The van der Waals surface area contributed by atoms with Crippen molar-refractivity contribution in [3.63, 3.8) is 0 Å². The fraction of sp³-hybridized carbons (Fsp3) is 0.737. The largest absolute Gasteiger partial charge is 0.379 e. The van der Waals surface area contributed by atoms with Crippen molar-refractivity contribution in [2.75, 3.05) is 58.2 Å². The number of ether oxygens (including phenoxy) is 1. The Morgan fingerprint density at radius 1 is 1.34 bits per heavy atom. The number of aliphatic imine (C=N–C) groups is 1. The van der Waals surface area contributed by atoms with Crippen LogP contribution in [0.5, 0.6) is 0 Å². The molecule has 29 heavy (non-hydrogen) atoms. The van der Waals surface area contributed by atoms with Gasteiger partial charge in [-0.25, -0.2) is 8.42 Å². The van der Waals surface area contributed by atoms with Gasteiger partial charge >= 0.3 is 0 Å². The second-order valence-corrected chi connectivity index (χ2v) is 11.6. The van der Waals surface area contributed by atoms with Crippen molar-refractivity contribution in [3.05, 3.63) is 22.4 Å². The van der Waals surface area contributed by atoms with Gasteiger partial charge in [-0.15, -0.1) is 35.3 Å². The summed E-state index contributed by atoms with van der Waals surface area (Å²) in [5.41, 5.74) is 0. The Balaban J connectivity index is 0.00000300. The number of guanidine groups is 1. The fourth-order valence-electron chi connectivity index (χ4n) is 3.68. The number of rotatable bonds is 5. The van der Waals surface area contributed by atoms with Gasteiger partial charge in [-0.1, -0.05) is 6.07 Å². The van der Waals surface area contributed by atoms with E-state index in [4.69, 9.17) is 9.73 Å². The van der Waals surface area contributed by atoms with Gasteiger partial charge in [0.1, 0.15) is 0 Å². The fourth-order valence-corrected chi connectivity index (χ4v) is 5.90. The third-order valence-corrected chi connectivity index (χ3v) is 8.96. The van der Waals surface area contributed by atoms with Crippen LogP contribution in [0.25, 0.3) is 0 Å². The molecule has 2 fully saturated rings. The van der Waals surface area contributed by atoms with Crippen LogP contribution in [-0.4, -0.2) is 87.2 Å². The zero-order chi connectivity index (χ0) is 20.2. The van der Waals surface area contributed by atoms with Crippen molar-refractivity contribution in [1.29, 1.82) is 0 Å². The molecule has 1 aromatic heterocycles. The molecule has 0 saturated carbocycles. The molecule has 0 amide bonds. The molecule has 2 saturated heterocycles. The summed E-state index contributed by atoms with van der Waals surface area (Å²) < 4.78 is 29.5. The average molecular weight is 557 g/mol. The van der Waals surface area contributed by atoms with Gasteiger partial charge in [0.15, 0.2) is 15.8 Å². The van der Waals surface area contributed by atoms with E-state index in [1.165, 1.54) is 4.88 Å². The highest BCUT2D eigenvalue weighted by atomic mass is 127. The highest BCUT2D eigenvalue weighted by Gasteiger charge is 2.41. The molecule has 0 radical (unpaired) electrons. The van der Waals surface area contributed by atoms with Crippen LogP contribution >= 0.6 is 35.3 Å². The number of nitrogens with zero attached hydrogens (tertiary/aromatic N) is 3. The van der Waals surface area contributed by atoms with Gasteiger partial charge in [0, 0.05) is 37.6 Å². The lowest BCUT2D eigenvalue weighted by Crippen LogP contribution is -2.57. The Labute approximate surface area is 195 Å². The molecule has 10 heteroatoms. The van der Waals surface area contributed by atoms with E-state index < -0.39 is 14.6 Å². The standard InChI is InChI=1S/C19H32N4O3S2.HI/c1-4-20-18(23-9-13-28(24,25)19(2,3)15-23)21-14-16(17-6-5-12-27-17)22-7-10-26-11-8-22;/h5-6,12,16H,4,7-11,13-15H2,1-3H3,(H,20,21);1H. The maximum atomic E-state index is 12.4. The molecule has 3 heterocycles. The second kappa shape index (κ2) is 10.7. The summed E-state index contributed by atoms with van der Waals surface area (Å²) in [5, 5.41) is 5.47. The first-order valence-corrected chi connectivity index (χ1v) is 12.5. The first-order chi connectivity index (χ1) is 13.3.